The van der Waals surface area contributed by atoms with Gasteiger partial charge < -0.3 is 19.1 Å². The molecule has 4 rings (SSSR count). The standard InChI is InChI=1S/C30H31N3O5S/c1-7-16-38-21-12-10-20(11-13-21)17-25-28(34)33-27(23-18-22(36-5)14-15-24(23)37-6)26(19(4)31-30(33)39-25)29(35)32(8-2)9-3/h1,10-15,17-18,27H,8-9,16H2,2-6H3/b25-17+/t27-/m0/s1. The molecule has 3 aromatic rings. The van der Waals surface area contributed by atoms with Crippen LogP contribution in [0.15, 0.2) is 63.5 Å². The highest BCUT2D eigenvalue weighted by atomic mass is 32.1. The van der Waals surface area contributed by atoms with Gasteiger partial charge in [-0.2, -0.15) is 0 Å². The van der Waals surface area contributed by atoms with Crippen LogP contribution in [0, 0.1) is 12.3 Å². The van der Waals surface area contributed by atoms with Gasteiger partial charge in [-0.3, -0.25) is 14.2 Å². The highest BCUT2D eigenvalue weighted by Gasteiger charge is 2.36. The number of methoxy groups -OCH3 is 2. The predicted molar refractivity (Wildman–Crippen MR) is 152 cm³/mol. The lowest BCUT2D eigenvalue weighted by atomic mass is 9.93. The molecule has 0 N–H and O–H groups in total. The highest BCUT2D eigenvalue weighted by molar-refractivity contribution is 7.07. The van der Waals surface area contributed by atoms with E-state index in [-0.39, 0.29) is 18.1 Å². The van der Waals surface area contributed by atoms with Gasteiger partial charge in [-0.05, 0) is 62.7 Å². The summed E-state index contributed by atoms with van der Waals surface area (Å²) in [6.07, 6.45) is 7.07. The molecule has 0 fully saturated rings. The molecule has 0 spiro atoms. The Bertz CT molecular complexity index is 1620. The van der Waals surface area contributed by atoms with E-state index in [1.54, 1.807) is 54.0 Å². The van der Waals surface area contributed by atoms with E-state index in [4.69, 9.17) is 25.6 Å². The van der Waals surface area contributed by atoms with Gasteiger partial charge in [0.15, 0.2) is 4.80 Å². The van der Waals surface area contributed by atoms with Crippen molar-refractivity contribution in [3.8, 4) is 29.6 Å². The molecule has 1 aromatic heterocycles. The summed E-state index contributed by atoms with van der Waals surface area (Å²) >= 11 is 1.27. The second-order valence-electron chi connectivity index (χ2n) is 8.73. The van der Waals surface area contributed by atoms with Gasteiger partial charge in [0.1, 0.15) is 29.9 Å². The first-order valence-corrected chi connectivity index (χ1v) is 13.4. The molecule has 202 valence electrons. The molecule has 0 saturated carbocycles. The van der Waals surface area contributed by atoms with Crippen molar-refractivity contribution in [3.05, 3.63) is 84.5 Å². The lowest BCUT2D eigenvalue weighted by Crippen LogP contribution is -2.43. The number of amides is 1. The van der Waals surface area contributed by atoms with Crippen molar-refractivity contribution in [2.24, 2.45) is 4.99 Å². The van der Waals surface area contributed by atoms with E-state index in [1.807, 2.05) is 39.0 Å². The average Bonchev–Trinajstić information content (AvgIpc) is 3.25. The number of terminal acetylenes is 1. The van der Waals surface area contributed by atoms with Crippen LogP contribution in [0.25, 0.3) is 6.08 Å². The van der Waals surface area contributed by atoms with E-state index >= 15 is 0 Å². The van der Waals surface area contributed by atoms with Gasteiger partial charge in [-0.15, -0.1) is 6.42 Å². The van der Waals surface area contributed by atoms with Crippen molar-refractivity contribution >= 4 is 23.3 Å². The summed E-state index contributed by atoms with van der Waals surface area (Å²) in [5.41, 5.74) is 2.20. The van der Waals surface area contributed by atoms with Crippen molar-refractivity contribution < 1.29 is 19.0 Å². The van der Waals surface area contributed by atoms with Gasteiger partial charge >= 0.3 is 0 Å². The zero-order valence-electron chi connectivity index (χ0n) is 22.7. The predicted octanol–water partition coefficient (Wildman–Crippen LogP) is 3.13. The van der Waals surface area contributed by atoms with Gasteiger partial charge in [0.2, 0.25) is 0 Å². The Morgan fingerprint density at radius 2 is 1.82 bits per heavy atom. The van der Waals surface area contributed by atoms with Crippen LogP contribution in [0.5, 0.6) is 17.2 Å². The van der Waals surface area contributed by atoms with Crippen molar-refractivity contribution in [2.45, 2.75) is 26.8 Å². The fourth-order valence-corrected chi connectivity index (χ4v) is 5.61. The molecule has 0 aliphatic carbocycles. The number of aromatic nitrogens is 1. The summed E-state index contributed by atoms with van der Waals surface area (Å²) < 4.78 is 18.7. The number of fused-ring (bicyclic) bond motifs is 1. The third-order valence-corrected chi connectivity index (χ3v) is 7.52. The number of benzene rings is 2. The number of hydrogen-bond acceptors (Lipinski definition) is 7. The van der Waals surface area contributed by atoms with Crippen LogP contribution in [-0.4, -0.2) is 49.3 Å². The minimum Gasteiger partial charge on any atom is -0.497 e. The molecule has 0 saturated heterocycles. The third kappa shape index (κ3) is 5.47. The number of ether oxygens (including phenoxy) is 3. The summed E-state index contributed by atoms with van der Waals surface area (Å²) in [5, 5.41) is 0. The zero-order chi connectivity index (χ0) is 28.1. The number of rotatable bonds is 9. The number of nitrogens with zero attached hydrogens (tertiary/aromatic N) is 3. The minimum absolute atomic E-state index is 0.173. The molecule has 9 heteroatoms. The molecule has 1 atom stereocenters. The molecule has 2 heterocycles. The summed E-state index contributed by atoms with van der Waals surface area (Å²) in [6, 6.07) is 11.9. The van der Waals surface area contributed by atoms with Crippen LogP contribution < -0.4 is 29.1 Å². The monoisotopic (exact) mass is 545 g/mol. The van der Waals surface area contributed by atoms with Gasteiger partial charge in [0.25, 0.3) is 11.5 Å². The molecule has 1 amide bonds. The first kappa shape index (κ1) is 27.7. The molecule has 1 aliphatic heterocycles. The molecular weight excluding hydrogens is 514 g/mol. The van der Waals surface area contributed by atoms with E-state index in [1.165, 1.54) is 11.3 Å². The summed E-state index contributed by atoms with van der Waals surface area (Å²) in [7, 11) is 3.14. The second-order valence-corrected chi connectivity index (χ2v) is 9.74. The first-order chi connectivity index (χ1) is 18.9. The van der Waals surface area contributed by atoms with Crippen LogP contribution in [0.2, 0.25) is 0 Å². The quantitative estimate of drug-likeness (QED) is 0.386. The van der Waals surface area contributed by atoms with Gasteiger partial charge in [0.05, 0.1) is 30.0 Å². The second kappa shape index (κ2) is 12.0. The van der Waals surface area contributed by atoms with Crippen LogP contribution in [-0.2, 0) is 4.79 Å². The van der Waals surface area contributed by atoms with Crippen molar-refractivity contribution in [2.75, 3.05) is 33.9 Å². The lowest BCUT2D eigenvalue weighted by Gasteiger charge is -2.30. The maximum absolute atomic E-state index is 14.0. The summed E-state index contributed by atoms with van der Waals surface area (Å²) in [5.74, 6) is 4.04. The smallest absolute Gasteiger partial charge is 0.271 e. The van der Waals surface area contributed by atoms with E-state index in [0.717, 1.165) is 5.56 Å². The van der Waals surface area contributed by atoms with E-state index < -0.39 is 6.04 Å². The fourth-order valence-electron chi connectivity index (χ4n) is 4.56. The Labute approximate surface area is 231 Å². The largest absolute Gasteiger partial charge is 0.497 e. The Morgan fingerprint density at radius 1 is 1.13 bits per heavy atom. The molecule has 8 nitrogen and oxygen atoms in total. The minimum atomic E-state index is -0.749. The fraction of sp³-hybridized carbons (Fsp3) is 0.300. The molecule has 39 heavy (non-hydrogen) atoms. The van der Waals surface area contributed by atoms with Gasteiger partial charge in [-0.25, -0.2) is 4.99 Å². The third-order valence-electron chi connectivity index (χ3n) is 6.53. The number of likely N-dealkylation sites (N-methyl/N-ethyl adjacent to an activating group) is 1. The highest BCUT2D eigenvalue weighted by Crippen LogP contribution is 2.38. The number of allylic oxidation sites excluding steroid dienone is 1. The first-order valence-electron chi connectivity index (χ1n) is 12.6. The van der Waals surface area contributed by atoms with Crippen LogP contribution >= 0.6 is 11.3 Å². The van der Waals surface area contributed by atoms with Crippen molar-refractivity contribution in [1.29, 1.82) is 0 Å². The Hall–Kier alpha value is -4.29. The van der Waals surface area contributed by atoms with Crippen LogP contribution in [0.4, 0.5) is 0 Å². The van der Waals surface area contributed by atoms with E-state index in [0.29, 0.717) is 56.5 Å². The molecule has 2 aromatic carbocycles. The van der Waals surface area contributed by atoms with Crippen molar-refractivity contribution in [1.82, 2.24) is 9.47 Å². The Morgan fingerprint density at radius 3 is 2.44 bits per heavy atom. The topological polar surface area (TPSA) is 82.4 Å². The van der Waals surface area contributed by atoms with Crippen molar-refractivity contribution in [3.63, 3.8) is 0 Å². The number of carbonyl (C=O) groups excluding carboxylic acids is 1. The van der Waals surface area contributed by atoms with E-state index in [2.05, 4.69) is 5.92 Å². The molecule has 0 bridgehead atoms. The normalized spacial score (nSPS) is 14.8. The Balaban J connectivity index is 1.94. The number of hydrogen-bond donors (Lipinski definition) is 0. The van der Waals surface area contributed by atoms with Gasteiger partial charge in [0, 0.05) is 18.7 Å². The maximum atomic E-state index is 14.0. The molecule has 1 aliphatic rings. The lowest BCUT2D eigenvalue weighted by molar-refractivity contribution is -0.127. The SMILES string of the molecule is C#CCOc1ccc(/C=c2/sc3n(c2=O)[C@@H](c2cc(OC)ccc2OC)C(C(=O)N(CC)CC)=C(C)N=3)cc1. The summed E-state index contributed by atoms with van der Waals surface area (Å²) in [6.45, 7) is 6.90. The average molecular weight is 546 g/mol. The number of thiazole rings is 1. The molecular formula is C30H31N3O5S. The van der Waals surface area contributed by atoms with Crippen LogP contribution in [0.3, 0.4) is 0 Å². The van der Waals surface area contributed by atoms with E-state index in [9.17, 15) is 9.59 Å². The zero-order valence-corrected chi connectivity index (χ0v) is 23.5. The van der Waals surface area contributed by atoms with Gasteiger partial charge in [-0.1, -0.05) is 29.4 Å². The molecule has 0 radical (unpaired) electrons. The van der Waals surface area contributed by atoms with Crippen LogP contribution in [0.1, 0.15) is 37.9 Å². The Kier molecular flexibility index (Phi) is 8.57. The number of carbonyl (C=O) groups is 1. The summed E-state index contributed by atoms with van der Waals surface area (Å²) in [4.78, 5) is 34.7. The molecule has 0 unspecified atom stereocenters. The maximum Gasteiger partial charge on any atom is 0.271 e.